The zero-order chi connectivity index (χ0) is 25.8. The molecule has 0 heterocycles. The molecule has 0 radical (unpaired) electrons. The molecule has 8 aliphatic carbocycles. The van der Waals surface area contributed by atoms with Gasteiger partial charge in [-0.25, -0.2) is 0 Å². The molecule has 37 heavy (non-hydrogen) atoms. The minimum absolute atomic E-state index is 0.0266. The number of hydrogen-bond donors (Lipinski definition) is 1. The van der Waals surface area contributed by atoms with Gasteiger partial charge in [0.1, 0.15) is 5.78 Å². The van der Waals surface area contributed by atoms with Crippen LogP contribution in [0.3, 0.4) is 0 Å². The Morgan fingerprint density at radius 1 is 0.892 bits per heavy atom. The number of aliphatic hydroxyl groups is 1. The summed E-state index contributed by atoms with van der Waals surface area (Å²) in [5.74, 6) is 5.76. The highest BCUT2D eigenvalue weighted by molar-refractivity contribution is 5.87. The van der Waals surface area contributed by atoms with Crippen molar-refractivity contribution in [3.8, 4) is 0 Å². The van der Waals surface area contributed by atoms with Crippen LogP contribution in [0.25, 0.3) is 0 Å². The molecule has 7 atom stereocenters. The van der Waals surface area contributed by atoms with Gasteiger partial charge < -0.3 is 10.0 Å². The van der Waals surface area contributed by atoms with Gasteiger partial charge in [-0.3, -0.25) is 9.59 Å². The average Bonchev–Trinajstić information content (AvgIpc) is 3.16. The second-order valence-electron chi connectivity index (χ2n) is 16.0. The van der Waals surface area contributed by atoms with Gasteiger partial charge in [0.2, 0.25) is 5.91 Å². The predicted octanol–water partition coefficient (Wildman–Crippen LogP) is 6.54. The van der Waals surface area contributed by atoms with Gasteiger partial charge in [-0.1, -0.05) is 20.8 Å². The summed E-state index contributed by atoms with van der Waals surface area (Å²) in [6, 6.07) is 0. The summed E-state index contributed by atoms with van der Waals surface area (Å²) in [6.45, 7) is 7.41. The number of carbonyl (C=O) groups is 2. The Kier molecular flexibility index (Phi) is 5.63. The summed E-state index contributed by atoms with van der Waals surface area (Å²) in [6.07, 6.45) is 17.7. The number of nitrogens with zero attached hydrogens (tertiary/aromatic N) is 1. The number of Topliss-reactive ketones (excluding diaryl/α,β-unsaturated/α-hetero) is 1. The Morgan fingerprint density at radius 3 is 2.22 bits per heavy atom. The normalized spacial score (nSPS) is 53.9. The molecule has 0 saturated heterocycles. The number of fused-ring (bicyclic) bond motifs is 5. The van der Waals surface area contributed by atoms with E-state index in [1.54, 1.807) is 0 Å². The van der Waals surface area contributed by atoms with Crippen LogP contribution in [0.2, 0.25) is 0 Å². The molecule has 0 aliphatic heterocycles. The van der Waals surface area contributed by atoms with Gasteiger partial charge in [0, 0.05) is 30.3 Å². The van der Waals surface area contributed by atoms with E-state index in [1.807, 2.05) is 6.92 Å². The zero-order valence-corrected chi connectivity index (χ0v) is 23.8. The van der Waals surface area contributed by atoms with E-state index in [-0.39, 0.29) is 22.3 Å². The lowest BCUT2D eigenvalue weighted by Crippen LogP contribution is -2.65. The first kappa shape index (κ1) is 25.1. The van der Waals surface area contributed by atoms with E-state index in [1.165, 1.54) is 57.8 Å². The molecule has 4 heteroatoms. The van der Waals surface area contributed by atoms with Crippen LogP contribution in [0.15, 0.2) is 0 Å². The highest BCUT2D eigenvalue weighted by atomic mass is 16.3. The molecule has 0 aromatic rings. The zero-order valence-electron chi connectivity index (χ0n) is 23.8. The topological polar surface area (TPSA) is 57.6 Å². The molecule has 8 rings (SSSR count). The number of amides is 1. The first-order valence-corrected chi connectivity index (χ1v) is 16.1. The SMILES string of the molecule is CCC(=O)N(C[C@@]1(O)CC[C@@]2(C)[C@@H](CC[C@@H]3[C@@H]2CC[C@]2(C)C(=O)CC[C@@H]32)C1)C12CC3CC(CC(C3)C1)C2. The van der Waals surface area contributed by atoms with Crippen LogP contribution in [-0.4, -0.2) is 39.4 Å². The smallest absolute Gasteiger partial charge is 0.222 e. The van der Waals surface area contributed by atoms with Crippen LogP contribution in [-0.2, 0) is 9.59 Å². The maximum absolute atomic E-state index is 13.5. The lowest BCUT2D eigenvalue weighted by atomic mass is 9.44. The minimum atomic E-state index is -0.738. The van der Waals surface area contributed by atoms with E-state index >= 15 is 0 Å². The van der Waals surface area contributed by atoms with Crippen LogP contribution in [0, 0.1) is 52.3 Å². The van der Waals surface area contributed by atoms with Crippen molar-refractivity contribution in [2.24, 2.45) is 52.3 Å². The molecule has 8 fully saturated rings. The number of rotatable bonds is 4. The van der Waals surface area contributed by atoms with Gasteiger partial charge in [-0.2, -0.15) is 0 Å². The summed E-state index contributed by atoms with van der Waals surface area (Å²) in [5.41, 5.74) is -0.489. The fraction of sp³-hybridized carbons (Fsp3) is 0.939. The molecule has 1 amide bonds. The lowest BCUT2D eigenvalue weighted by Gasteiger charge is -2.63. The van der Waals surface area contributed by atoms with Crippen LogP contribution < -0.4 is 0 Å². The third-order valence-electron chi connectivity index (χ3n) is 14.2. The summed E-state index contributed by atoms with van der Waals surface area (Å²) >= 11 is 0. The summed E-state index contributed by atoms with van der Waals surface area (Å²) in [4.78, 5) is 28.6. The molecule has 8 saturated carbocycles. The highest BCUT2D eigenvalue weighted by Gasteiger charge is 2.62. The quantitative estimate of drug-likeness (QED) is 0.468. The fourth-order valence-electron chi connectivity index (χ4n) is 12.6. The molecule has 1 N–H and O–H groups in total. The molecule has 0 unspecified atom stereocenters. The molecular formula is C33H51NO3. The van der Waals surface area contributed by atoms with Gasteiger partial charge >= 0.3 is 0 Å². The van der Waals surface area contributed by atoms with Crippen molar-refractivity contribution in [3.05, 3.63) is 0 Å². The van der Waals surface area contributed by atoms with Crippen LogP contribution >= 0.6 is 0 Å². The van der Waals surface area contributed by atoms with Gasteiger partial charge in [0.05, 0.1) is 5.60 Å². The van der Waals surface area contributed by atoms with Crippen molar-refractivity contribution in [2.45, 2.75) is 135 Å². The lowest BCUT2D eigenvalue weighted by molar-refractivity contribution is -0.177. The molecule has 0 aromatic heterocycles. The first-order chi connectivity index (χ1) is 17.6. The minimum Gasteiger partial charge on any atom is -0.388 e. The summed E-state index contributed by atoms with van der Waals surface area (Å²) in [7, 11) is 0. The number of β-amino-alcohol motifs (C(OH)–C–C–N with tert-alkyl or cyclic N) is 1. The molecule has 0 spiro atoms. The van der Waals surface area contributed by atoms with Gasteiger partial charge in [-0.05, 0) is 137 Å². The first-order valence-electron chi connectivity index (χ1n) is 16.1. The Balaban J connectivity index is 1.11. The van der Waals surface area contributed by atoms with Crippen molar-refractivity contribution >= 4 is 11.7 Å². The van der Waals surface area contributed by atoms with Crippen LogP contribution in [0.5, 0.6) is 0 Å². The van der Waals surface area contributed by atoms with Gasteiger partial charge in [-0.15, -0.1) is 0 Å². The Labute approximate surface area is 224 Å². The standard InChI is InChI=1S/C33H51NO3/c1-4-29(36)34(32-16-21-13-22(17-32)15-23(14-21)18-32)20-33(37)12-11-30(2)24(19-33)5-6-25-26-7-8-28(35)31(26,3)10-9-27(25)30/h21-27,37H,4-20H2,1-3H3/t21?,22?,23?,24-,25-,26-,27-,30-,31-,32?,33+/m0/s1. The van der Waals surface area contributed by atoms with Crippen molar-refractivity contribution in [2.75, 3.05) is 6.54 Å². The van der Waals surface area contributed by atoms with E-state index in [0.717, 1.165) is 56.3 Å². The molecule has 206 valence electrons. The van der Waals surface area contributed by atoms with E-state index in [9.17, 15) is 14.7 Å². The summed E-state index contributed by atoms with van der Waals surface area (Å²) < 4.78 is 0. The van der Waals surface area contributed by atoms with E-state index < -0.39 is 5.60 Å². The van der Waals surface area contributed by atoms with Crippen molar-refractivity contribution in [1.29, 1.82) is 0 Å². The monoisotopic (exact) mass is 509 g/mol. The van der Waals surface area contributed by atoms with Crippen molar-refractivity contribution in [1.82, 2.24) is 4.90 Å². The van der Waals surface area contributed by atoms with Crippen LogP contribution in [0.4, 0.5) is 0 Å². The van der Waals surface area contributed by atoms with Crippen molar-refractivity contribution in [3.63, 3.8) is 0 Å². The van der Waals surface area contributed by atoms with Gasteiger partial charge in [0.25, 0.3) is 0 Å². The molecule has 8 aliphatic rings. The molecule has 4 bridgehead atoms. The number of hydrogen-bond acceptors (Lipinski definition) is 3. The third kappa shape index (κ3) is 3.62. The number of carbonyl (C=O) groups excluding carboxylic acids is 2. The Hall–Kier alpha value is -0.900. The Bertz CT molecular complexity index is 939. The maximum atomic E-state index is 13.5. The van der Waals surface area contributed by atoms with Crippen LogP contribution in [0.1, 0.15) is 124 Å². The molecule has 0 aromatic carbocycles. The summed E-state index contributed by atoms with van der Waals surface area (Å²) in [5, 5.41) is 12.2. The fourth-order valence-corrected chi connectivity index (χ4v) is 12.6. The largest absolute Gasteiger partial charge is 0.388 e. The van der Waals surface area contributed by atoms with Crippen molar-refractivity contribution < 1.29 is 14.7 Å². The molecular weight excluding hydrogens is 458 g/mol. The van der Waals surface area contributed by atoms with E-state index in [4.69, 9.17) is 0 Å². The molecule has 4 nitrogen and oxygen atoms in total. The maximum Gasteiger partial charge on any atom is 0.222 e. The third-order valence-corrected chi connectivity index (χ3v) is 14.2. The highest BCUT2D eigenvalue weighted by Crippen LogP contribution is 2.66. The number of ketones is 1. The van der Waals surface area contributed by atoms with E-state index in [0.29, 0.717) is 42.4 Å². The average molecular weight is 510 g/mol. The van der Waals surface area contributed by atoms with Gasteiger partial charge in [0.15, 0.2) is 0 Å². The second kappa shape index (κ2) is 8.31. The second-order valence-corrected chi connectivity index (χ2v) is 16.0. The predicted molar refractivity (Wildman–Crippen MR) is 145 cm³/mol. The Morgan fingerprint density at radius 2 is 1.57 bits per heavy atom. The van der Waals surface area contributed by atoms with E-state index in [2.05, 4.69) is 18.7 Å².